The third-order valence-electron chi connectivity index (χ3n) is 5.95. The number of piperidine rings is 1. The average molecular weight is 505 g/mol. The Bertz CT molecular complexity index is 1200. The molecule has 3 atom stereocenters. The topological polar surface area (TPSA) is 83.4 Å². The van der Waals surface area contributed by atoms with Gasteiger partial charge in [-0.3, -0.25) is 14.5 Å². The fourth-order valence-corrected chi connectivity index (χ4v) is 5.02. The van der Waals surface area contributed by atoms with E-state index in [4.69, 9.17) is 34.8 Å². The Kier molecular flexibility index (Phi) is 6.61. The highest BCUT2D eigenvalue weighted by molar-refractivity contribution is 6.31. The Balaban J connectivity index is 1.96. The number of carboxylic acid groups (broad SMARTS) is 1. The van der Waals surface area contributed by atoms with Crippen LogP contribution < -0.4 is 4.90 Å². The van der Waals surface area contributed by atoms with E-state index in [1.165, 1.54) is 11.1 Å². The minimum Gasteiger partial charge on any atom is -0.481 e. The summed E-state index contributed by atoms with van der Waals surface area (Å²) in [7, 11) is 0. The van der Waals surface area contributed by atoms with E-state index in [-0.39, 0.29) is 23.5 Å². The first-order valence-electron chi connectivity index (χ1n) is 10.2. The number of benzene rings is 2. The highest BCUT2D eigenvalue weighted by Gasteiger charge is 2.51. The minimum absolute atomic E-state index is 0.0139. The van der Waals surface area contributed by atoms with Gasteiger partial charge in [-0.05, 0) is 59.5 Å². The lowest BCUT2D eigenvalue weighted by molar-refractivity contribution is -0.145. The normalized spacial score (nSPS) is 22.9. The number of carbonyl (C=O) groups excluding carboxylic acids is 1. The first kappa shape index (κ1) is 23.5. The van der Waals surface area contributed by atoms with Crippen molar-refractivity contribution < 1.29 is 14.7 Å². The lowest BCUT2D eigenvalue weighted by Crippen LogP contribution is -2.53. The van der Waals surface area contributed by atoms with Gasteiger partial charge in [-0.25, -0.2) is 9.97 Å². The maximum absolute atomic E-state index is 13.9. The molecule has 2 aromatic carbocycles. The van der Waals surface area contributed by atoms with Crippen LogP contribution in [-0.4, -0.2) is 27.0 Å². The van der Waals surface area contributed by atoms with Gasteiger partial charge in [-0.2, -0.15) is 0 Å². The van der Waals surface area contributed by atoms with Gasteiger partial charge in [-0.15, -0.1) is 0 Å². The number of anilines is 1. The summed E-state index contributed by atoms with van der Waals surface area (Å²) < 4.78 is 0. The number of amides is 1. The number of hydrogen-bond acceptors (Lipinski definition) is 4. The van der Waals surface area contributed by atoms with Crippen LogP contribution in [0.5, 0.6) is 0 Å². The highest BCUT2D eigenvalue weighted by Crippen LogP contribution is 2.52. The number of halogens is 3. The van der Waals surface area contributed by atoms with E-state index >= 15 is 0 Å². The van der Waals surface area contributed by atoms with Crippen LogP contribution in [0.3, 0.4) is 0 Å². The molecule has 1 amide bonds. The van der Waals surface area contributed by atoms with Crippen molar-refractivity contribution in [1.29, 1.82) is 0 Å². The van der Waals surface area contributed by atoms with Gasteiger partial charge >= 0.3 is 5.97 Å². The zero-order valence-corrected chi connectivity index (χ0v) is 19.8. The zero-order valence-electron chi connectivity index (χ0n) is 17.6. The number of aliphatic carboxylic acids is 1. The second-order valence-corrected chi connectivity index (χ2v) is 9.56. The standard InChI is InChI=1S/C24H20Cl3N3O3/c1-24(13-20(31)32)12-18(15-3-2-4-17(26)11-15)21(14-5-7-16(25)8-6-14)30(22(24)33)19-9-10-28-23(27)29-19/h2-11,18,21H,12-13H2,1H3,(H,31,32)/t18-,21-,24+/m1/s1. The smallest absolute Gasteiger partial charge is 0.304 e. The summed E-state index contributed by atoms with van der Waals surface area (Å²) in [4.78, 5) is 35.4. The van der Waals surface area contributed by atoms with Crippen molar-refractivity contribution in [3.8, 4) is 0 Å². The Morgan fingerprint density at radius 3 is 2.45 bits per heavy atom. The molecule has 6 nitrogen and oxygen atoms in total. The Morgan fingerprint density at radius 2 is 1.82 bits per heavy atom. The second-order valence-electron chi connectivity index (χ2n) is 8.35. The fraction of sp³-hybridized carbons (Fsp3) is 0.250. The van der Waals surface area contributed by atoms with Crippen molar-refractivity contribution in [2.24, 2.45) is 5.41 Å². The molecular weight excluding hydrogens is 485 g/mol. The molecule has 0 radical (unpaired) electrons. The molecule has 0 bridgehead atoms. The Morgan fingerprint density at radius 1 is 1.09 bits per heavy atom. The number of rotatable bonds is 5. The van der Waals surface area contributed by atoms with Gasteiger partial charge in [0, 0.05) is 22.2 Å². The molecule has 170 valence electrons. The molecule has 1 aliphatic rings. The van der Waals surface area contributed by atoms with Crippen LogP contribution in [0.1, 0.15) is 42.9 Å². The van der Waals surface area contributed by atoms with Crippen LogP contribution in [0.2, 0.25) is 15.3 Å². The largest absolute Gasteiger partial charge is 0.481 e. The molecule has 0 aliphatic carbocycles. The van der Waals surface area contributed by atoms with Crippen molar-refractivity contribution in [2.45, 2.75) is 31.7 Å². The third kappa shape index (κ3) is 4.83. The molecule has 1 aliphatic heterocycles. The predicted molar refractivity (Wildman–Crippen MR) is 128 cm³/mol. The molecule has 33 heavy (non-hydrogen) atoms. The lowest BCUT2D eigenvalue weighted by atomic mass is 9.67. The maximum Gasteiger partial charge on any atom is 0.304 e. The third-order valence-corrected chi connectivity index (χ3v) is 6.62. The van der Waals surface area contributed by atoms with Crippen molar-refractivity contribution >= 4 is 52.5 Å². The summed E-state index contributed by atoms with van der Waals surface area (Å²) in [5.41, 5.74) is 0.528. The highest BCUT2D eigenvalue weighted by atomic mass is 35.5. The molecule has 0 saturated carbocycles. The first-order valence-corrected chi connectivity index (χ1v) is 11.4. The molecule has 0 spiro atoms. The maximum atomic E-state index is 13.9. The number of carbonyl (C=O) groups is 2. The lowest BCUT2D eigenvalue weighted by Gasteiger charge is -2.48. The van der Waals surface area contributed by atoms with Crippen LogP contribution in [0, 0.1) is 5.41 Å². The average Bonchev–Trinajstić information content (AvgIpc) is 2.75. The van der Waals surface area contributed by atoms with E-state index in [1.807, 2.05) is 30.3 Å². The fourth-order valence-electron chi connectivity index (χ4n) is 4.55. The second kappa shape index (κ2) is 9.29. The predicted octanol–water partition coefficient (Wildman–Crippen LogP) is 6.18. The van der Waals surface area contributed by atoms with Gasteiger partial charge in [0.2, 0.25) is 11.2 Å². The summed E-state index contributed by atoms with van der Waals surface area (Å²) in [5, 5.41) is 10.7. The van der Waals surface area contributed by atoms with Gasteiger partial charge in [0.05, 0.1) is 17.9 Å². The molecule has 1 fully saturated rings. The van der Waals surface area contributed by atoms with Crippen molar-refractivity contribution in [1.82, 2.24) is 9.97 Å². The van der Waals surface area contributed by atoms with Crippen LogP contribution in [0.25, 0.3) is 0 Å². The summed E-state index contributed by atoms with van der Waals surface area (Å²) >= 11 is 18.5. The monoisotopic (exact) mass is 503 g/mol. The van der Waals surface area contributed by atoms with Crippen LogP contribution >= 0.6 is 34.8 Å². The van der Waals surface area contributed by atoms with E-state index in [2.05, 4.69) is 9.97 Å². The molecule has 3 aromatic rings. The van der Waals surface area contributed by atoms with Crippen LogP contribution in [0.15, 0.2) is 60.8 Å². The molecule has 1 saturated heterocycles. The molecular formula is C24H20Cl3N3O3. The summed E-state index contributed by atoms with van der Waals surface area (Å²) in [6.07, 6.45) is 1.45. The SMILES string of the molecule is C[C@@]1(CC(=O)O)C[C@H](c2cccc(Cl)c2)[C@@H](c2ccc(Cl)cc2)N(c2ccnc(Cl)n2)C1=O. The Labute approximate surface area is 206 Å². The number of hydrogen-bond donors (Lipinski definition) is 1. The van der Waals surface area contributed by atoms with Gasteiger partial charge in [0.15, 0.2) is 0 Å². The van der Waals surface area contributed by atoms with Gasteiger partial charge in [0.1, 0.15) is 5.82 Å². The number of nitrogens with zero attached hydrogens (tertiary/aromatic N) is 3. The van der Waals surface area contributed by atoms with Gasteiger partial charge in [-0.1, -0.05) is 54.4 Å². The van der Waals surface area contributed by atoms with Gasteiger partial charge in [0.25, 0.3) is 0 Å². The van der Waals surface area contributed by atoms with Crippen LogP contribution in [0.4, 0.5) is 5.82 Å². The Hall–Kier alpha value is -2.67. The molecule has 9 heteroatoms. The number of carboxylic acids is 1. The van der Waals surface area contributed by atoms with Crippen LogP contribution in [-0.2, 0) is 9.59 Å². The van der Waals surface area contributed by atoms with E-state index in [9.17, 15) is 14.7 Å². The summed E-state index contributed by atoms with van der Waals surface area (Å²) in [5.74, 6) is -1.39. The molecule has 1 N–H and O–H groups in total. The summed E-state index contributed by atoms with van der Waals surface area (Å²) in [6.45, 7) is 1.68. The van der Waals surface area contributed by atoms with E-state index in [0.29, 0.717) is 22.3 Å². The zero-order chi connectivity index (χ0) is 23.8. The van der Waals surface area contributed by atoms with Crippen molar-refractivity contribution in [3.05, 3.63) is 87.2 Å². The molecule has 0 unspecified atom stereocenters. The number of aromatic nitrogens is 2. The quantitative estimate of drug-likeness (QED) is 0.420. The molecule has 1 aromatic heterocycles. The van der Waals surface area contributed by atoms with Crippen molar-refractivity contribution in [2.75, 3.05) is 4.90 Å². The van der Waals surface area contributed by atoms with E-state index < -0.39 is 17.4 Å². The first-order chi connectivity index (χ1) is 15.7. The molecule has 4 rings (SSSR count). The van der Waals surface area contributed by atoms with Gasteiger partial charge < -0.3 is 5.11 Å². The minimum atomic E-state index is -1.18. The van der Waals surface area contributed by atoms with E-state index in [0.717, 1.165) is 11.1 Å². The van der Waals surface area contributed by atoms with E-state index in [1.54, 1.807) is 31.2 Å². The van der Waals surface area contributed by atoms with Crippen molar-refractivity contribution in [3.63, 3.8) is 0 Å². The molecule has 2 heterocycles. The summed E-state index contributed by atoms with van der Waals surface area (Å²) in [6, 6.07) is 15.7.